The van der Waals surface area contributed by atoms with Crippen molar-refractivity contribution in [2.75, 3.05) is 24.2 Å². The minimum atomic E-state index is 0.0376. The molecule has 4 nitrogen and oxygen atoms in total. The van der Waals surface area contributed by atoms with E-state index in [1.54, 1.807) is 6.20 Å². The van der Waals surface area contributed by atoms with E-state index in [0.717, 1.165) is 41.5 Å². The summed E-state index contributed by atoms with van der Waals surface area (Å²) in [4.78, 5) is 4.19. The molecule has 0 bridgehead atoms. The van der Waals surface area contributed by atoms with Gasteiger partial charge >= 0.3 is 0 Å². The fraction of sp³-hybridized carbons (Fsp3) is 0.438. The van der Waals surface area contributed by atoms with E-state index >= 15 is 0 Å². The fourth-order valence-electron chi connectivity index (χ4n) is 3.17. The third kappa shape index (κ3) is 2.31. The quantitative estimate of drug-likeness (QED) is 0.748. The summed E-state index contributed by atoms with van der Waals surface area (Å²) in [6.45, 7) is 1.06. The largest absolute Gasteiger partial charge is 0.398 e. The van der Waals surface area contributed by atoms with Gasteiger partial charge in [-0.2, -0.15) is 0 Å². The molecule has 2 aromatic rings. The van der Waals surface area contributed by atoms with Gasteiger partial charge in [0.2, 0.25) is 0 Å². The lowest BCUT2D eigenvalue weighted by Gasteiger charge is -2.27. The Morgan fingerprint density at radius 2 is 2.00 bits per heavy atom. The fourth-order valence-corrected chi connectivity index (χ4v) is 3.17. The van der Waals surface area contributed by atoms with Crippen LogP contribution >= 0.6 is 0 Å². The van der Waals surface area contributed by atoms with Gasteiger partial charge in [0.1, 0.15) is 0 Å². The van der Waals surface area contributed by atoms with Crippen LogP contribution in [0, 0.1) is 5.41 Å². The molecule has 1 aliphatic rings. The van der Waals surface area contributed by atoms with Gasteiger partial charge in [-0.25, -0.2) is 0 Å². The number of hydrogen-bond donors (Lipinski definition) is 3. The minimum absolute atomic E-state index is 0.0376. The molecule has 0 unspecified atom stereocenters. The van der Waals surface area contributed by atoms with Crippen LogP contribution in [0.25, 0.3) is 10.8 Å². The van der Waals surface area contributed by atoms with Crippen molar-refractivity contribution < 1.29 is 5.11 Å². The number of nitrogen functional groups attached to an aromatic ring is 1. The van der Waals surface area contributed by atoms with Crippen molar-refractivity contribution in [3.63, 3.8) is 0 Å². The van der Waals surface area contributed by atoms with Crippen LogP contribution in [0.4, 0.5) is 11.4 Å². The SMILES string of the molecule is Nc1ccc(NCC2(CO)CCCC2)c2cnccc12. The number of aliphatic hydroxyl groups is 1. The molecule has 1 aromatic heterocycles. The van der Waals surface area contributed by atoms with E-state index < -0.39 is 0 Å². The van der Waals surface area contributed by atoms with E-state index in [9.17, 15) is 5.11 Å². The van der Waals surface area contributed by atoms with Gasteiger partial charge in [-0.3, -0.25) is 4.98 Å². The summed E-state index contributed by atoms with van der Waals surface area (Å²) in [5.41, 5.74) is 7.85. The van der Waals surface area contributed by atoms with Crippen LogP contribution in [-0.4, -0.2) is 23.2 Å². The highest BCUT2D eigenvalue weighted by Gasteiger charge is 2.32. The van der Waals surface area contributed by atoms with Gasteiger partial charge in [0.05, 0.1) is 6.61 Å². The lowest BCUT2D eigenvalue weighted by molar-refractivity contribution is 0.142. The first-order chi connectivity index (χ1) is 9.74. The maximum absolute atomic E-state index is 9.68. The Kier molecular flexibility index (Phi) is 3.49. The second kappa shape index (κ2) is 5.29. The molecule has 1 aromatic carbocycles. The molecule has 0 aliphatic heterocycles. The summed E-state index contributed by atoms with van der Waals surface area (Å²) in [5.74, 6) is 0. The molecular formula is C16H21N3O. The van der Waals surface area contributed by atoms with E-state index in [1.807, 2.05) is 24.4 Å². The zero-order valence-electron chi connectivity index (χ0n) is 11.6. The molecule has 1 saturated carbocycles. The van der Waals surface area contributed by atoms with Gasteiger partial charge in [0.25, 0.3) is 0 Å². The summed E-state index contributed by atoms with van der Waals surface area (Å²) in [6, 6.07) is 5.86. The third-order valence-electron chi connectivity index (χ3n) is 4.51. The normalized spacial score (nSPS) is 17.4. The predicted octanol–water partition coefficient (Wildman–Crippen LogP) is 2.78. The number of fused-ring (bicyclic) bond motifs is 1. The number of nitrogens with two attached hydrogens (primary N) is 1. The highest BCUT2D eigenvalue weighted by atomic mass is 16.3. The summed E-state index contributed by atoms with van der Waals surface area (Å²) in [5, 5.41) is 15.2. The number of pyridine rings is 1. The smallest absolute Gasteiger partial charge is 0.0504 e. The second-order valence-electron chi connectivity index (χ2n) is 5.84. The molecule has 0 spiro atoms. The van der Waals surface area contributed by atoms with Crippen molar-refractivity contribution >= 4 is 22.1 Å². The summed E-state index contributed by atoms with van der Waals surface area (Å²) in [7, 11) is 0. The molecule has 1 heterocycles. The molecule has 0 atom stereocenters. The molecule has 4 heteroatoms. The van der Waals surface area contributed by atoms with E-state index in [-0.39, 0.29) is 12.0 Å². The maximum atomic E-state index is 9.68. The van der Waals surface area contributed by atoms with Crippen molar-refractivity contribution in [2.45, 2.75) is 25.7 Å². The van der Waals surface area contributed by atoms with Crippen LogP contribution in [0.15, 0.2) is 30.6 Å². The van der Waals surface area contributed by atoms with Crippen LogP contribution in [0.1, 0.15) is 25.7 Å². The van der Waals surface area contributed by atoms with Crippen LogP contribution in [-0.2, 0) is 0 Å². The number of benzene rings is 1. The Morgan fingerprint density at radius 3 is 2.75 bits per heavy atom. The molecule has 1 fully saturated rings. The number of aliphatic hydroxyl groups excluding tert-OH is 1. The Labute approximate surface area is 119 Å². The van der Waals surface area contributed by atoms with Crippen molar-refractivity contribution in [3.05, 3.63) is 30.6 Å². The van der Waals surface area contributed by atoms with Gasteiger partial charge < -0.3 is 16.2 Å². The number of nitrogens with one attached hydrogen (secondary N) is 1. The highest BCUT2D eigenvalue weighted by Crippen LogP contribution is 2.38. The van der Waals surface area contributed by atoms with Crippen molar-refractivity contribution in [2.24, 2.45) is 5.41 Å². The topological polar surface area (TPSA) is 71.2 Å². The number of nitrogens with zero attached hydrogens (tertiary/aromatic N) is 1. The van der Waals surface area contributed by atoms with Gasteiger partial charge in [0.15, 0.2) is 0 Å². The summed E-state index contributed by atoms with van der Waals surface area (Å²) >= 11 is 0. The van der Waals surface area contributed by atoms with Gasteiger partial charge in [-0.15, -0.1) is 0 Å². The summed E-state index contributed by atoms with van der Waals surface area (Å²) in [6.07, 6.45) is 8.23. The molecule has 106 valence electrons. The van der Waals surface area contributed by atoms with Gasteiger partial charge in [-0.05, 0) is 31.0 Å². The Balaban J connectivity index is 1.86. The Morgan fingerprint density at radius 1 is 1.20 bits per heavy atom. The molecule has 0 amide bonds. The first kappa shape index (κ1) is 13.2. The first-order valence-corrected chi connectivity index (χ1v) is 7.21. The van der Waals surface area contributed by atoms with E-state index in [4.69, 9.17) is 5.73 Å². The van der Waals surface area contributed by atoms with Crippen LogP contribution in [0.2, 0.25) is 0 Å². The molecule has 4 N–H and O–H groups in total. The van der Waals surface area contributed by atoms with E-state index in [2.05, 4.69) is 10.3 Å². The van der Waals surface area contributed by atoms with Gasteiger partial charge in [0, 0.05) is 46.5 Å². The van der Waals surface area contributed by atoms with Crippen LogP contribution in [0.5, 0.6) is 0 Å². The van der Waals surface area contributed by atoms with Crippen LogP contribution < -0.4 is 11.1 Å². The van der Waals surface area contributed by atoms with Crippen molar-refractivity contribution in [1.82, 2.24) is 4.98 Å². The highest BCUT2D eigenvalue weighted by molar-refractivity contribution is 6.00. The molecular weight excluding hydrogens is 250 g/mol. The Hall–Kier alpha value is -1.81. The average Bonchev–Trinajstić information content (AvgIpc) is 2.96. The number of hydrogen-bond acceptors (Lipinski definition) is 4. The first-order valence-electron chi connectivity index (χ1n) is 7.21. The zero-order valence-corrected chi connectivity index (χ0v) is 11.6. The number of aromatic nitrogens is 1. The molecule has 0 saturated heterocycles. The lowest BCUT2D eigenvalue weighted by atomic mass is 9.87. The van der Waals surface area contributed by atoms with Crippen molar-refractivity contribution in [3.8, 4) is 0 Å². The monoisotopic (exact) mass is 271 g/mol. The zero-order chi connectivity index (χ0) is 14.0. The third-order valence-corrected chi connectivity index (χ3v) is 4.51. The number of rotatable bonds is 4. The summed E-state index contributed by atoms with van der Waals surface area (Å²) < 4.78 is 0. The maximum Gasteiger partial charge on any atom is 0.0504 e. The van der Waals surface area contributed by atoms with Gasteiger partial charge in [-0.1, -0.05) is 12.8 Å². The standard InChI is InChI=1S/C16H21N3O/c17-14-3-4-15(13-9-18-8-5-12(13)14)19-10-16(11-20)6-1-2-7-16/h3-5,8-9,19-20H,1-2,6-7,10-11,17H2. The predicted molar refractivity (Wildman–Crippen MR) is 82.6 cm³/mol. The second-order valence-corrected chi connectivity index (χ2v) is 5.84. The number of anilines is 2. The van der Waals surface area contributed by atoms with Crippen LogP contribution in [0.3, 0.4) is 0 Å². The molecule has 1 aliphatic carbocycles. The average molecular weight is 271 g/mol. The minimum Gasteiger partial charge on any atom is -0.398 e. The Bertz CT molecular complexity index is 606. The van der Waals surface area contributed by atoms with E-state index in [0.29, 0.717) is 0 Å². The molecule has 0 radical (unpaired) electrons. The lowest BCUT2D eigenvalue weighted by Crippen LogP contribution is -2.30. The van der Waals surface area contributed by atoms with Crippen molar-refractivity contribution in [1.29, 1.82) is 0 Å². The van der Waals surface area contributed by atoms with E-state index in [1.165, 1.54) is 12.8 Å². The molecule has 20 heavy (non-hydrogen) atoms. The molecule has 3 rings (SSSR count).